The molecule has 4 fully saturated rings. The molecule has 2 N–H and O–H groups in total. The lowest BCUT2D eigenvalue weighted by atomic mass is 10.0. The third-order valence-electron chi connectivity index (χ3n) is 4.91. The molecule has 0 saturated carbocycles. The number of amides is 2. The molecule has 0 aromatic carbocycles. The summed E-state index contributed by atoms with van der Waals surface area (Å²) in [6, 6.07) is 0. The largest absolute Gasteiger partial charge is 0.371 e. The number of hydrogen-bond acceptors (Lipinski definition) is 8. The molecule has 4 rings (SSSR count). The van der Waals surface area contributed by atoms with Gasteiger partial charge in [0.2, 0.25) is 0 Å². The third kappa shape index (κ3) is 4.64. The zero-order chi connectivity index (χ0) is 20.1. The Morgan fingerprint density at radius 1 is 0.750 bits per heavy atom. The van der Waals surface area contributed by atoms with Gasteiger partial charge >= 0.3 is 0 Å². The summed E-state index contributed by atoms with van der Waals surface area (Å²) in [6.07, 6.45) is -3.37. The van der Waals surface area contributed by atoms with Gasteiger partial charge in [-0.1, -0.05) is 0 Å². The monoisotopic (exact) mass is 400 g/mol. The minimum Gasteiger partial charge on any atom is -0.371 e. The predicted molar refractivity (Wildman–Crippen MR) is 93.1 cm³/mol. The molecule has 4 saturated heterocycles. The maximum Gasteiger partial charge on any atom is 0.252 e. The second kappa shape index (κ2) is 7.19. The highest BCUT2D eigenvalue weighted by Gasteiger charge is 2.57. The quantitative estimate of drug-likeness (QED) is 0.525. The van der Waals surface area contributed by atoms with Crippen LogP contribution in [0.25, 0.3) is 0 Å². The standard InChI is InChI=1S/C18H28N2O8/c1-17(2)25-11(13(27-17)15(21)19-5-9-7-23-9)12-14(28-18(3,4)26-12)16(22)20-6-10-8-24-10/h9-14H,5-8H2,1-4H3,(H,19,21)(H,20,22)/t9?,10?,11-,12+,13+,14-. The van der Waals surface area contributed by atoms with Crippen molar-refractivity contribution in [2.45, 2.75) is 75.9 Å². The lowest BCUT2D eigenvalue weighted by Crippen LogP contribution is -2.52. The van der Waals surface area contributed by atoms with E-state index in [-0.39, 0.29) is 24.0 Å². The van der Waals surface area contributed by atoms with E-state index in [9.17, 15) is 9.59 Å². The Labute approximate surface area is 163 Å². The summed E-state index contributed by atoms with van der Waals surface area (Å²) >= 11 is 0. The summed E-state index contributed by atoms with van der Waals surface area (Å²) in [5.74, 6) is -2.65. The smallest absolute Gasteiger partial charge is 0.252 e. The third-order valence-corrected chi connectivity index (χ3v) is 4.91. The fourth-order valence-corrected chi connectivity index (χ4v) is 3.47. The molecular weight excluding hydrogens is 372 g/mol. The Morgan fingerprint density at radius 2 is 1.11 bits per heavy atom. The van der Waals surface area contributed by atoms with Gasteiger partial charge in [0, 0.05) is 13.1 Å². The van der Waals surface area contributed by atoms with Gasteiger partial charge in [0.05, 0.1) is 25.4 Å². The van der Waals surface area contributed by atoms with Gasteiger partial charge in [-0.25, -0.2) is 0 Å². The fraction of sp³-hybridized carbons (Fsp3) is 0.889. The summed E-state index contributed by atoms with van der Waals surface area (Å²) < 4.78 is 33.9. The zero-order valence-electron chi connectivity index (χ0n) is 16.6. The van der Waals surface area contributed by atoms with E-state index in [0.717, 1.165) is 0 Å². The molecule has 2 unspecified atom stereocenters. The molecule has 10 nitrogen and oxygen atoms in total. The highest BCUT2D eigenvalue weighted by Crippen LogP contribution is 2.38. The van der Waals surface area contributed by atoms with Gasteiger partial charge in [0.15, 0.2) is 23.8 Å². The van der Waals surface area contributed by atoms with E-state index in [0.29, 0.717) is 26.3 Å². The molecule has 0 aliphatic carbocycles. The number of hydrogen-bond donors (Lipinski definition) is 2. The number of ether oxygens (including phenoxy) is 6. The van der Waals surface area contributed by atoms with Gasteiger partial charge < -0.3 is 39.1 Å². The Morgan fingerprint density at radius 3 is 1.43 bits per heavy atom. The molecule has 0 radical (unpaired) electrons. The minimum absolute atomic E-state index is 0.0471. The lowest BCUT2D eigenvalue weighted by molar-refractivity contribution is -0.175. The molecule has 0 aromatic heterocycles. The van der Waals surface area contributed by atoms with Gasteiger partial charge in [-0.05, 0) is 27.7 Å². The summed E-state index contributed by atoms with van der Waals surface area (Å²) in [7, 11) is 0. The van der Waals surface area contributed by atoms with Crippen LogP contribution in [0.5, 0.6) is 0 Å². The van der Waals surface area contributed by atoms with Gasteiger partial charge in [0.1, 0.15) is 12.2 Å². The normalized spacial score (nSPS) is 40.1. The Hall–Kier alpha value is -1.30. The summed E-state index contributed by atoms with van der Waals surface area (Å²) in [5.41, 5.74) is 0. The van der Waals surface area contributed by atoms with E-state index in [2.05, 4.69) is 10.6 Å². The van der Waals surface area contributed by atoms with Gasteiger partial charge in [-0.15, -0.1) is 0 Å². The zero-order valence-corrected chi connectivity index (χ0v) is 16.6. The van der Waals surface area contributed by atoms with Crippen molar-refractivity contribution in [2.75, 3.05) is 26.3 Å². The summed E-state index contributed by atoms with van der Waals surface area (Å²) in [5, 5.41) is 5.62. The number of rotatable bonds is 7. The van der Waals surface area contributed by atoms with Crippen LogP contribution in [0, 0.1) is 0 Å². The van der Waals surface area contributed by atoms with Crippen LogP contribution in [0.1, 0.15) is 27.7 Å². The van der Waals surface area contributed by atoms with E-state index in [4.69, 9.17) is 28.4 Å². The molecule has 0 aromatic rings. The van der Waals surface area contributed by atoms with Gasteiger partial charge in [-0.3, -0.25) is 9.59 Å². The Balaban J connectivity index is 1.48. The van der Waals surface area contributed by atoms with Gasteiger partial charge in [-0.2, -0.15) is 0 Å². The second-order valence-electron chi connectivity index (χ2n) is 8.44. The van der Waals surface area contributed by atoms with Crippen LogP contribution in [0.15, 0.2) is 0 Å². The van der Waals surface area contributed by atoms with E-state index in [1.54, 1.807) is 27.7 Å². The fourth-order valence-electron chi connectivity index (χ4n) is 3.47. The molecule has 4 aliphatic rings. The summed E-state index contributed by atoms with van der Waals surface area (Å²) in [4.78, 5) is 25.4. The van der Waals surface area contributed by atoms with Gasteiger partial charge in [0.25, 0.3) is 11.8 Å². The topological polar surface area (TPSA) is 120 Å². The molecule has 0 spiro atoms. The number of nitrogens with one attached hydrogen (secondary N) is 2. The first kappa shape index (κ1) is 20.0. The molecule has 28 heavy (non-hydrogen) atoms. The van der Waals surface area contributed by atoms with Crippen LogP contribution in [-0.2, 0) is 38.0 Å². The van der Waals surface area contributed by atoms with E-state index in [1.807, 2.05) is 0 Å². The molecule has 158 valence electrons. The van der Waals surface area contributed by atoms with Crippen LogP contribution < -0.4 is 10.6 Å². The number of carbonyl (C=O) groups excluding carboxylic acids is 2. The Bertz CT molecular complexity index is 577. The molecular formula is C18H28N2O8. The van der Waals surface area contributed by atoms with Crippen molar-refractivity contribution in [2.24, 2.45) is 0 Å². The highest BCUT2D eigenvalue weighted by atomic mass is 16.8. The maximum atomic E-state index is 12.7. The van der Waals surface area contributed by atoms with Crippen molar-refractivity contribution >= 4 is 11.8 Å². The summed E-state index contributed by atoms with van der Waals surface area (Å²) in [6.45, 7) is 8.97. The van der Waals surface area contributed by atoms with Crippen LogP contribution in [0.3, 0.4) is 0 Å². The first-order chi connectivity index (χ1) is 13.1. The molecule has 4 aliphatic heterocycles. The van der Waals surface area contributed by atoms with Crippen LogP contribution >= 0.6 is 0 Å². The van der Waals surface area contributed by atoms with Crippen molar-refractivity contribution in [1.82, 2.24) is 10.6 Å². The molecule has 6 atom stereocenters. The molecule has 0 bridgehead atoms. The van der Waals surface area contributed by atoms with Crippen molar-refractivity contribution in [3.05, 3.63) is 0 Å². The lowest BCUT2D eigenvalue weighted by Gasteiger charge is -2.25. The first-order valence-corrected chi connectivity index (χ1v) is 9.63. The first-order valence-electron chi connectivity index (χ1n) is 9.63. The van der Waals surface area contributed by atoms with E-state index >= 15 is 0 Å². The van der Waals surface area contributed by atoms with Crippen molar-refractivity contribution in [3.63, 3.8) is 0 Å². The van der Waals surface area contributed by atoms with Crippen LogP contribution in [-0.4, -0.2) is 86.3 Å². The van der Waals surface area contributed by atoms with E-state index in [1.165, 1.54) is 0 Å². The highest BCUT2D eigenvalue weighted by molar-refractivity contribution is 5.84. The number of epoxide rings is 2. The molecule has 4 heterocycles. The predicted octanol–water partition coefficient (Wildman–Crippen LogP) is -0.943. The average Bonchev–Trinajstić information content (AvgIpc) is 3.52. The second-order valence-corrected chi connectivity index (χ2v) is 8.44. The van der Waals surface area contributed by atoms with Crippen LogP contribution in [0.4, 0.5) is 0 Å². The average molecular weight is 400 g/mol. The minimum atomic E-state index is -0.998. The molecule has 2 amide bonds. The van der Waals surface area contributed by atoms with Crippen molar-refractivity contribution < 1.29 is 38.0 Å². The van der Waals surface area contributed by atoms with Crippen molar-refractivity contribution in [1.29, 1.82) is 0 Å². The Kier molecular flexibility index (Phi) is 5.13. The molecule has 10 heteroatoms. The van der Waals surface area contributed by atoms with E-state index < -0.39 is 36.0 Å². The van der Waals surface area contributed by atoms with Crippen LogP contribution in [0.2, 0.25) is 0 Å². The number of carbonyl (C=O) groups is 2. The maximum absolute atomic E-state index is 12.7. The SMILES string of the molecule is CC1(C)O[C@H]([C@@H]2OC(C)(C)O[C@H]2C(=O)NCC2CO2)[C@@H](C(=O)NCC2CO2)O1. The van der Waals surface area contributed by atoms with Crippen molar-refractivity contribution in [3.8, 4) is 0 Å².